The van der Waals surface area contributed by atoms with Crippen molar-refractivity contribution in [1.82, 2.24) is 4.98 Å². The maximum atomic E-state index is 12.2. The number of sulfonamides is 1. The summed E-state index contributed by atoms with van der Waals surface area (Å²) in [6, 6.07) is 7.04. The van der Waals surface area contributed by atoms with Crippen LogP contribution < -0.4 is 10.5 Å². The third kappa shape index (κ3) is 2.80. The lowest BCUT2D eigenvalue weighted by Crippen LogP contribution is -2.13. The Bertz CT molecular complexity index is 690. The molecule has 2 aromatic rings. The quantitative estimate of drug-likeness (QED) is 0.798. The van der Waals surface area contributed by atoms with E-state index in [4.69, 9.17) is 5.73 Å². The number of aromatic amines is 1. The van der Waals surface area contributed by atoms with Gasteiger partial charge in [0, 0.05) is 18.4 Å². The van der Waals surface area contributed by atoms with Crippen molar-refractivity contribution in [2.75, 3.05) is 4.72 Å². The molecule has 19 heavy (non-hydrogen) atoms. The zero-order chi connectivity index (χ0) is 14.0. The van der Waals surface area contributed by atoms with Gasteiger partial charge in [0.15, 0.2) is 0 Å². The number of benzene rings is 1. The highest BCUT2D eigenvalue weighted by Crippen LogP contribution is 2.22. The second kappa shape index (κ2) is 5.07. The summed E-state index contributed by atoms with van der Waals surface area (Å²) in [6.45, 7) is 4.10. The normalized spacial score (nSPS) is 11.5. The second-order valence-corrected chi connectivity index (χ2v) is 6.10. The predicted octanol–water partition coefficient (Wildman–Crippen LogP) is 1.89. The smallest absolute Gasteiger partial charge is 0.263 e. The van der Waals surface area contributed by atoms with E-state index in [-0.39, 0.29) is 11.4 Å². The highest BCUT2D eigenvalue weighted by molar-refractivity contribution is 7.92. The van der Waals surface area contributed by atoms with E-state index < -0.39 is 10.0 Å². The summed E-state index contributed by atoms with van der Waals surface area (Å²) in [7, 11) is -3.58. The molecule has 0 saturated heterocycles. The lowest BCUT2D eigenvalue weighted by Gasteiger charge is -2.11. The van der Waals surface area contributed by atoms with Crippen LogP contribution in [-0.4, -0.2) is 13.4 Å². The molecule has 0 aliphatic rings. The molecular weight excluding hydrogens is 262 g/mol. The van der Waals surface area contributed by atoms with Gasteiger partial charge in [-0.15, -0.1) is 0 Å². The number of nitrogens with two attached hydrogens (primary N) is 1. The van der Waals surface area contributed by atoms with E-state index in [2.05, 4.69) is 9.71 Å². The summed E-state index contributed by atoms with van der Waals surface area (Å²) in [5.74, 6) is 0. The van der Waals surface area contributed by atoms with Crippen LogP contribution >= 0.6 is 0 Å². The molecule has 0 atom stereocenters. The maximum absolute atomic E-state index is 12.2. The van der Waals surface area contributed by atoms with E-state index in [1.165, 1.54) is 12.3 Å². The van der Waals surface area contributed by atoms with Crippen molar-refractivity contribution in [2.45, 2.75) is 25.3 Å². The van der Waals surface area contributed by atoms with Crippen molar-refractivity contribution >= 4 is 15.7 Å². The average molecular weight is 279 g/mol. The molecule has 0 fully saturated rings. The molecule has 2 rings (SSSR count). The van der Waals surface area contributed by atoms with Crippen LogP contribution in [0.4, 0.5) is 5.69 Å². The van der Waals surface area contributed by atoms with Gasteiger partial charge in [0.25, 0.3) is 10.0 Å². The summed E-state index contributed by atoms with van der Waals surface area (Å²) >= 11 is 0. The Hall–Kier alpha value is -1.79. The van der Waals surface area contributed by atoms with E-state index in [0.29, 0.717) is 11.4 Å². The van der Waals surface area contributed by atoms with Gasteiger partial charge in [-0.3, -0.25) is 4.72 Å². The Kier molecular flexibility index (Phi) is 3.64. The number of nitrogens with one attached hydrogen (secondary N) is 2. The molecule has 0 saturated carbocycles. The second-order valence-electron chi connectivity index (χ2n) is 4.42. The summed E-state index contributed by atoms with van der Waals surface area (Å²) < 4.78 is 27.0. The highest BCUT2D eigenvalue weighted by Gasteiger charge is 2.17. The molecule has 0 aliphatic heterocycles. The first-order chi connectivity index (χ1) is 8.94. The molecule has 0 aliphatic carbocycles. The van der Waals surface area contributed by atoms with Crippen LogP contribution in [0.3, 0.4) is 0 Å². The van der Waals surface area contributed by atoms with Crippen molar-refractivity contribution in [3.63, 3.8) is 0 Å². The largest absolute Gasteiger partial charge is 0.363 e. The number of aryl methyl sites for hydroxylation is 1. The van der Waals surface area contributed by atoms with E-state index in [9.17, 15) is 8.42 Å². The zero-order valence-electron chi connectivity index (χ0n) is 10.9. The molecule has 5 nitrogen and oxygen atoms in total. The van der Waals surface area contributed by atoms with Crippen LogP contribution in [0.5, 0.6) is 0 Å². The van der Waals surface area contributed by atoms with Crippen LogP contribution in [0.1, 0.15) is 16.8 Å². The standard InChI is InChI=1S/C13H17N3O2S/c1-9-4-3-5-13(10(9)2)16-19(17,18)12-6-11(7-14)15-8-12/h3-6,8,15-16H,7,14H2,1-2H3. The molecule has 4 N–H and O–H groups in total. The molecule has 0 spiro atoms. The number of H-pyrrole nitrogens is 1. The Labute approximate surface area is 112 Å². The number of rotatable bonds is 4. The number of hydrogen-bond acceptors (Lipinski definition) is 3. The molecule has 6 heteroatoms. The van der Waals surface area contributed by atoms with Gasteiger partial charge >= 0.3 is 0 Å². The van der Waals surface area contributed by atoms with Gasteiger partial charge in [-0.1, -0.05) is 12.1 Å². The molecule has 0 unspecified atom stereocenters. The lowest BCUT2D eigenvalue weighted by molar-refractivity contribution is 0.601. The fourth-order valence-corrected chi connectivity index (χ4v) is 2.90. The van der Waals surface area contributed by atoms with E-state index >= 15 is 0 Å². The summed E-state index contributed by atoms with van der Waals surface area (Å²) in [4.78, 5) is 3.02. The molecule has 1 heterocycles. The molecule has 0 bridgehead atoms. The summed E-state index contributed by atoms with van der Waals surface area (Å²) in [6.07, 6.45) is 1.44. The van der Waals surface area contributed by atoms with Crippen molar-refractivity contribution in [2.24, 2.45) is 5.73 Å². The maximum Gasteiger partial charge on any atom is 0.263 e. The molecule has 1 aromatic heterocycles. The third-order valence-corrected chi connectivity index (χ3v) is 4.44. The fourth-order valence-electron chi connectivity index (χ4n) is 1.76. The van der Waals surface area contributed by atoms with E-state index in [1.54, 1.807) is 6.07 Å². The van der Waals surface area contributed by atoms with Crippen molar-refractivity contribution in [3.05, 3.63) is 47.3 Å². The van der Waals surface area contributed by atoms with E-state index in [0.717, 1.165) is 11.1 Å². The first kappa shape index (κ1) is 13.6. The molecule has 102 valence electrons. The number of anilines is 1. The van der Waals surface area contributed by atoms with Crippen molar-refractivity contribution in [3.8, 4) is 0 Å². The average Bonchev–Trinajstić information content (AvgIpc) is 2.84. The minimum atomic E-state index is -3.58. The number of hydrogen-bond donors (Lipinski definition) is 3. The molecular formula is C13H17N3O2S. The minimum Gasteiger partial charge on any atom is -0.363 e. The van der Waals surface area contributed by atoms with Gasteiger partial charge in [-0.25, -0.2) is 8.42 Å². The monoisotopic (exact) mass is 279 g/mol. The summed E-state index contributed by atoms with van der Waals surface area (Å²) in [5.41, 5.74) is 8.69. The van der Waals surface area contributed by atoms with Crippen LogP contribution in [0.2, 0.25) is 0 Å². The lowest BCUT2D eigenvalue weighted by atomic mass is 10.1. The topological polar surface area (TPSA) is 88.0 Å². The van der Waals surface area contributed by atoms with Crippen molar-refractivity contribution in [1.29, 1.82) is 0 Å². The van der Waals surface area contributed by atoms with Crippen LogP contribution in [0.25, 0.3) is 0 Å². The Morgan fingerprint density at radius 1 is 1.32 bits per heavy atom. The van der Waals surface area contributed by atoms with Gasteiger partial charge in [-0.05, 0) is 37.1 Å². The molecule has 1 aromatic carbocycles. The van der Waals surface area contributed by atoms with Crippen LogP contribution in [-0.2, 0) is 16.6 Å². The predicted molar refractivity (Wildman–Crippen MR) is 75.4 cm³/mol. The van der Waals surface area contributed by atoms with Gasteiger partial charge in [-0.2, -0.15) is 0 Å². The Balaban J connectivity index is 2.33. The SMILES string of the molecule is Cc1cccc(NS(=O)(=O)c2c[nH]c(CN)c2)c1C. The van der Waals surface area contributed by atoms with Gasteiger partial charge in [0.1, 0.15) is 4.90 Å². The zero-order valence-corrected chi connectivity index (χ0v) is 11.7. The molecule has 0 amide bonds. The Morgan fingerprint density at radius 2 is 2.05 bits per heavy atom. The third-order valence-electron chi connectivity index (χ3n) is 3.10. The van der Waals surface area contributed by atoms with Crippen LogP contribution in [0, 0.1) is 13.8 Å². The summed E-state index contributed by atoms with van der Waals surface area (Å²) in [5, 5.41) is 0. The minimum absolute atomic E-state index is 0.189. The van der Waals surface area contributed by atoms with Gasteiger partial charge < -0.3 is 10.7 Å². The number of aromatic nitrogens is 1. The fraction of sp³-hybridized carbons (Fsp3) is 0.231. The molecule has 0 radical (unpaired) electrons. The van der Waals surface area contributed by atoms with Gasteiger partial charge in [0.05, 0.1) is 5.69 Å². The van der Waals surface area contributed by atoms with Crippen LogP contribution in [0.15, 0.2) is 35.4 Å². The van der Waals surface area contributed by atoms with Gasteiger partial charge in [0.2, 0.25) is 0 Å². The van der Waals surface area contributed by atoms with E-state index in [1.807, 2.05) is 26.0 Å². The first-order valence-electron chi connectivity index (χ1n) is 5.90. The van der Waals surface area contributed by atoms with Crippen molar-refractivity contribution < 1.29 is 8.42 Å². The highest BCUT2D eigenvalue weighted by atomic mass is 32.2. The Morgan fingerprint density at radius 3 is 2.68 bits per heavy atom. The first-order valence-corrected chi connectivity index (χ1v) is 7.39.